The molecule has 0 fully saturated rings. The second-order valence-corrected chi connectivity index (χ2v) is 2.31. The van der Waals surface area contributed by atoms with Crippen LogP contribution < -0.4 is 5.32 Å². The molecule has 0 aromatic carbocycles. The highest BCUT2D eigenvalue weighted by molar-refractivity contribution is 5.38. The third-order valence-corrected chi connectivity index (χ3v) is 1.54. The number of alkyl halides is 3. The summed E-state index contributed by atoms with van der Waals surface area (Å²) in [6, 6.07) is 0. The molecule has 0 aromatic heterocycles. The van der Waals surface area contributed by atoms with Gasteiger partial charge in [0.2, 0.25) is 0 Å². The number of allylic oxidation sites excluding steroid dienone is 3. The van der Waals surface area contributed by atoms with Crippen LogP contribution in [-0.4, -0.2) is 6.18 Å². The van der Waals surface area contributed by atoms with Crippen molar-refractivity contribution in [2.45, 2.75) is 20.0 Å². The molecule has 0 aliphatic carbocycles. The van der Waals surface area contributed by atoms with Crippen molar-refractivity contribution >= 4 is 0 Å². The van der Waals surface area contributed by atoms with Crippen LogP contribution in [0, 0.1) is 6.20 Å². The molecule has 0 amide bonds. The Morgan fingerprint density at radius 1 is 1.27 bits per heavy atom. The molecule has 4 heteroatoms. The van der Waals surface area contributed by atoms with Crippen molar-refractivity contribution in [3.63, 3.8) is 0 Å². The van der Waals surface area contributed by atoms with Crippen molar-refractivity contribution in [3.8, 4) is 0 Å². The van der Waals surface area contributed by atoms with E-state index in [1.807, 2.05) is 6.20 Å². The predicted molar refractivity (Wildman–Crippen MR) is 33.3 cm³/mol. The molecule has 0 unspecified atom stereocenters. The van der Waals surface area contributed by atoms with E-state index in [0.29, 0.717) is 5.70 Å². The van der Waals surface area contributed by atoms with E-state index in [-0.39, 0.29) is 5.57 Å². The van der Waals surface area contributed by atoms with Crippen LogP contribution in [0.3, 0.4) is 0 Å². The zero-order valence-corrected chi connectivity index (χ0v) is 6.08. The molecule has 2 radical (unpaired) electrons. The lowest BCUT2D eigenvalue weighted by molar-refractivity contribution is -0.0896. The van der Waals surface area contributed by atoms with Gasteiger partial charge in [-0.3, -0.25) is 5.32 Å². The highest BCUT2D eigenvalue weighted by Gasteiger charge is 2.38. The normalized spacial score (nSPS) is 18.5. The van der Waals surface area contributed by atoms with Gasteiger partial charge in [-0.1, -0.05) is 0 Å². The van der Waals surface area contributed by atoms with Gasteiger partial charge >= 0.3 is 6.18 Å². The fraction of sp³-hybridized carbons (Fsp3) is 0.429. The number of hydrogen-bond acceptors (Lipinski definition) is 0. The van der Waals surface area contributed by atoms with Crippen LogP contribution in [0.5, 0.6) is 0 Å². The molecule has 1 rings (SSSR count). The van der Waals surface area contributed by atoms with Crippen LogP contribution in [0.15, 0.2) is 16.8 Å². The summed E-state index contributed by atoms with van der Waals surface area (Å²) < 4.78 is 36.0. The van der Waals surface area contributed by atoms with Crippen molar-refractivity contribution in [1.82, 2.24) is 5.32 Å². The summed E-state index contributed by atoms with van der Waals surface area (Å²) in [5, 5.41) is 3.44. The molecular formula is C7H6F3N. The Morgan fingerprint density at radius 2 is 1.82 bits per heavy atom. The number of nitrogens with zero attached hydrogens (tertiary/aromatic N) is 1. The van der Waals surface area contributed by atoms with Crippen LogP contribution in [0.2, 0.25) is 0 Å². The Morgan fingerprint density at radius 3 is 2.00 bits per heavy atom. The Hall–Kier alpha value is -0.930. The van der Waals surface area contributed by atoms with E-state index < -0.39 is 11.7 Å². The van der Waals surface area contributed by atoms with E-state index in [0.717, 1.165) is 0 Å². The third kappa shape index (κ3) is 1.39. The Bertz CT molecular complexity index is 235. The molecule has 1 aliphatic rings. The molecule has 0 saturated carbocycles. The maximum absolute atomic E-state index is 12.0. The second kappa shape index (κ2) is 2.29. The van der Waals surface area contributed by atoms with E-state index in [1.54, 1.807) is 0 Å². The van der Waals surface area contributed by atoms with Crippen LogP contribution in [0.1, 0.15) is 13.8 Å². The summed E-state index contributed by atoms with van der Waals surface area (Å²) in [6.07, 6.45) is -2.38. The summed E-state index contributed by atoms with van der Waals surface area (Å²) in [4.78, 5) is 0. The summed E-state index contributed by atoms with van der Waals surface area (Å²) in [5.74, 6) is 0. The predicted octanol–water partition coefficient (Wildman–Crippen LogP) is 2.15. The average molecular weight is 161 g/mol. The molecule has 60 valence electrons. The van der Waals surface area contributed by atoms with Crippen LogP contribution in [0.4, 0.5) is 13.2 Å². The monoisotopic (exact) mass is 161 g/mol. The summed E-state index contributed by atoms with van der Waals surface area (Å²) >= 11 is 0. The van der Waals surface area contributed by atoms with Crippen LogP contribution in [0.25, 0.3) is 0 Å². The van der Waals surface area contributed by atoms with E-state index in [1.165, 1.54) is 13.8 Å². The standard InChI is InChI=1S/C7H6F3N/c1-4-5(2)11-3-6(4)7(8,9)10/h1-2H3. The Labute approximate surface area is 62.6 Å². The molecule has 0 aromatic rings. The lowest BCUT2D eigenvalue weighted by Gasteiger charge is -2.06. The average Bonchev–Trinajstić information content (AvgIpc) is 2.11. The first-order chi connectivity index (χ1) is 4.93. The third-order valence-electron chi connectivity index (χ3n) is 1.54. The van der Waals surface area contributed by atoms with Crippen LogP contribution in [-0.2, 0) is 0 Å². The second-order valence-electron chi connectivity index (χ2n) is 2.31. The van der Waals surface area contributed by atoms with E-state index in [9.17, 15) is 13.2 Å². The molecule has 11 heavy (non-hydrogen) atoms. The molecule has 0 atom stereocenters. The van der Waals surface area contributed by atoms with Crippen molar-refractivity contribution in [2.24, 2.45) is 0 Å². The van der Waals surface area contributed by atoms with Gasteiger partial charge in [0.05, 0.1) is 5.57 Å². The van der Waals surface area contributed by atoms with Crippen molar-refractivity contribution in [1.29, 1.82) is 0 Å². The van der Waals surface area contributed by atoms with E-state index in [4.69, 9.17) is 0 Å². The molecule has 1 heterocycles. The zero-order chi connectivity index (χ0) is 8.65. The number of rotatable bonds is 0. The Balaban J connectivity index is 2.94. The summed E-state index contributed by atoms with van der Waals surface area (Å²) in [6.45, 7) is 2.92. The minimum absolute atomic E-state index is 0.164. The smallest absolute Gasteiger partial charge is 0.251 e. The van der Waals surface area contributed by atoms with Gasteiger partial charge in [-0.05, 0) is 19.4 Å². The van der Waals surface area contributed by atoms with Crippen molar-refractivity contribution in [3.05, 3.63) is 23.0 Å². The first kappa shape index (κ1) is 8.17. The van der Waals surface area contributed by atoms with Gasteiger partial charge in [-0.15, -0.1) is 0 Å². The topological polar surface area (TPSA) is 14.1 Å². The first-order valence-corrected chi connectivity index (χ1v) is 3.01. The maximum Gasteiger partial charge on any atom is 0.418 e. The SMILES string of the molecule is CC1=C(C)C(C(F)(F)F)=[C][N]1. The molecular weight excluding hydrogens is 155 g/mol. The first-order valence-electron chi connectivity index (χ1n) is 3.01. The van der Waals surface area contributed by atoms with Gasteiger partial charge in [0, 0.05) is 5.70 Å². The quantitative estimate of drug-likeness (QED) is 0.516. The summed E-state index contributed by atoms with van der Waals surface area (Å²) in [7, 11) is 0. The molecule has 1 aliphatic heterocycles. The molecule has 1 nitrogen and oxygen atoms in total. The molecule has 0 bridgehead atoms. The van der Waals surface area contributed by atoms with Gasteiger partial charge in [-0.2, -0.15) is 13.2 Å². The van der Waals surface area contributed by atoms with Gasteiger partial charge in [0.25, 0.3) is 0 Å². The Kier molecular flexibility index (Phi) is 1.70. The lowest BCUT2D eigenvalue weighted by Crippen LogP contribution is -2.11. The molecule has 0 spiro atoms. The van der Waals surface area contributed by atoms with Gasteiger partial charge in [0.1, 0.15) is 6.20 Å². The highest BCUT2D eigenvalue weighted by Crippen LogP contribution is 2.34. The minimum Gasteiger partial charge on any atom is -0.251 e. The van der Waals surface area contributed by atoms with Crippen LogP contribution >= 0.6 is 0 Å². The lowest BCUT2D eigenvalue weighted by atomic mass is 10.1. The van der Waals surface area contributed by atoms with Crippen molar-refractivity contribution in [2.75, 3.05) is 0 Å². The summed E-state index contributed by atoms with van der Waals surface area (Å²) in [5.41, 5.74) is -0.204. The maximum atomic E-state index is 12.0. The highest BCUT2D eigenvalue weighted by atomic mass is 19.4. The van der Waals surface area contributed by atoms with Gasteiger partial charge < -0.3 is 0 Å². The number of hydrogen-bond donors (Lipinski definition) is 0. The van der Waals surface area contributed by atoms with Crippen molar-refractivity contribution < 1.29 is 13.2 Å². The van der Waals surface area contributed by atoms with E-state index in [2.05, 4.69) is 5.32 Å². The van der Waals surface area contributed by atoms with Gasteiger partial charge in [0.15, 0.2) is 0 Å². The zero-order valence-electron chi connectivity index (χ0n) is 6.08. The fourth-order valence-corrected chi connectivity index (χ4v) is 0.764. The minimum atomic E-state index is -4.31. The largest absolute Gasteiger partial charge is 0.418 e. The molecule has 0 saturated heterocycles. The van der Waals surface area contributed by atoms with Gasteiger partial charge in [-0.25, -0.2) is 0 Å². The fourth-order valence-electron chi connectivity index (χ4n) is 0.764. The molecule has 0 N–H and O–H groups in total. The number of halogens is 3. The van der Waals surface area contributed by atoms with E-state index >= 15 is 0 Å².